The molecule has 0 bridgehead atoms. The largest absolute Gasteiger partial charge is 0.453 e. The first-order valence-electron chi connectivity index (χ1n) is 24.5. The molecule has 7 aromatic rings. The lowest BCUT2D eigenvalue weighted by molar-refractivity contribution is -0.362. The quantitative estimate of drug-likeness (QED) is 0.0581. The zero-order valence-electron chi connectivity index (χ0n) is 40.1. The Morgan fingerprint density at radius 2 is 0.764 bits per heavy atom. The molecule has 0 saturated carbocycles. The van der Waals surface area contributed by atoms with Crippen LogP contribution in [-0.2, 0) is 87.1 Å². The zero-order valence-corrected chi connectivity index (χ0v) is 40.1. The normalized spacial score (nSPS) is 23.0. The fourth-order valence-electron chi connectivity index (χ4n) is 8.62. The van der Waals surface area contributed by atoms with E-state index in [1.807, 2.05) is 188 Å². The van der Waals surface area contributed by atoms with Crippen molar-refractivity contribution in [3.05, 3.63) is 251 Å². The Hall–Kier alpha value is -6.39. The maximum atomic E-state index is 14.2. The van der Waals surface area contributed by atoms with Crippen LogP contribution in [0.15, 0.2) is 212 Å². The lowest BCUT2D eigenvalue weighted by atomic mass is 9.97. The molecule has 72 heavy (non-hydrogen) atoms. The van der Waals surface area contributed by atoms with Gasteiger partial charge in [-0.2, -0.15) is 5.48 Å². The minimum Gasteiger partial charge on any atom is -0.453 e. The summed E-state index contributed by atoms with van der Waals surface area (Å²) in [5.74, 6) is -0.554. The SMILES string of the molecule is O=C(O[C@@H]1C(COCc2ccccc2)O[C@H](O[C@H]2C(COCc3ccccc3)ONC(OCc3ccccc3)C2OCc2ccccc2)C(OCc2ccccc2)C1OCc1ccccc1)c1ccccc1. The first kappa shape index (κ1) is 50.5. The Morgan fingerprint density at radius 1 is 0.389 bits per heavy atom. The minimum atomic E-state index is -1.19. The number of hydrogen-bond donors (Lipinski definition) is 1. The molecule has 9 rings (SSSR count). The van der Waals surface area contributed by atoms with E-state index in [-0.39, 0.29) is 46.2 Å². The number of benzene rings is 7. The average molecular weight is 972 g/mol. The Balaban J connectivity index is 1.10. The van der Waals surface area contributed by atoms with Gasteiger partial charge in [0.05, 0.1) is 58.4 Å². The van der Waals surface area contributed by atoms with Gasteiger partial charge in [0.1, 0.15) is 36.6 Å². The number of rotatable bonds is 24. The predicted molar refractivity (Wildman–Crippen MR) is 269 cm³/mol. The van der Waals surface area contributed by atoms with E-state index in [9.17, 15) is 4.79 Å². The molecule has 2 aliphatic rings. The molecule has 0 aromatic heterocycles. The zero-order chi connectivity index (χ0) is 49.0. The van der Waals surface area contributed by atoms with Crippen LogP contribution in [0.2, 0.25) is 0 Å². The third kappa shape index (κ3) is 14.6. The van der Waals surface area contributed by atoms with Gasteiger partial charge in [0.25, 0.3) is 0 Å². The molecule has 7 aromatic carbocycles. The van der Waals surface area contributed by atoms with Crippen molar-refractivity contribution in [1.82, 2.24) is 5.48 Å². The molecule has 12 nitrogen and oxygen atoms in total. The van der Waals surface area contributed by atoms with Gasteiger partial charge in [0.15, 0.2) is 18.6 Å². The summed E-state index contributed by atoms with van der Waals surface area (Å²) in [6, 6.07) is 68.1. The summed E-state index contributed by atoms with van der Waals surface area (Å²) < 4.78 is 61.3. The molecular weight excluding hydrogens is 911 g/mol. The van der Waals surface area contributed by atoms with Crippen LogP contribution >= 0.6 is 0 Å². The topological polar surface area (TPSA) is 121 Å². The van der Waals surface area contributed by atoms with Gasteiger partial charge in [0.2, 0.25) is 0 Å². The number of ether oxygens (including phenoxy) is 9. The molecule has 2 fully saturated rings. The lowest BCUT2D eigenvalue weighted by Crippen LogP contribution is -2.66. The molecule has 12 heteroatoms. The van der Waals surface area contributed by atoms with Crippen LogP contribution in [0.1, 0.15) is 43.7 Å². The van der Waals surface area contributed by atoms with Gasteiger partial charge in [0, 0.05) is 0 Å². The Bertz CT molecular complexity index is 2600. The first-order chi connectivity index (χ1) is 35.6. The van der Waals surface area contributed by atoms with Crippen LogP contribution in [0, 0.1) is 0 Å². The Kier molecular flexibility index (Phi) is 18.9. The first-order valence-corrected chi connectivity index (χ1v) is 24.5. The van der Waals surface area contributed by atoms with E-state index >= 15 is 0 Å². The van der Waals surface area contributed by atoms with Crippen LogP contribution in [0.5, 0.6) is 0 Å². The van der Waals surface area contributed by atoms with Crippen molar-refractivity contribution in [2.24, 2.45) is 0 Å². The second-order valence-electron chi connectivity index (χ2n) is 17.7. The number of carbonyl (C=O) groups excluding carboxylic acids is 1. The molecule has 1 N–H and O–H groups in total. The predicted octanol–water partition coefficient (Wildman–Crippen LogP) is 9.96. The van der Waals surface area contributed by atoms with Crippen molar-refractivity contribution in [3.63, 3.8) is 0 Å². The van der Waals surface area contributed by atoms with Crippen LogP contribution in [0.25, 0.3) is 0 Å². The molecule has 6 unspecified atom stereocenters. The number of esters is 1. The monoisotopic (exact) mass is 971 g/mol. The van der Waals surface area contributed by atoms with E-state index in [1.54, 1.807) is 24.3 Å². The number of nitrogens with one attached hydrogen (secondary N) is 1. The van der Waals surface area contributed by atoms with Crippen LogP contribution < -0.4 is 5.48 Å². The fourth-order valence-corrected chi connectivity index (χ4v) is 8.62. The summed E-state index contributed by atoms with van der Waals surface area (Å²) in [4.78, 5) is 20.7. The maximum absolute atomic E-state index is 14.2. The number of hydroxylamine groups is 1. The molecule has 0 radical (unpaired) electrons. The third-order valence-corrected chi connectivity index (χ3v) is 12.4. The number of hydrogen-bond acceptors (Lipinski definition) is 12. The van der Waals surface area contributed by atoms with Crippen LogP contribution in [0.3, 0.4) is 0 Å². The van der Waals surface area contributed by atoms with Crippen molar-refractivity contribution in [1.29, 1.82) is 0 Å². The summed E-state index contributed by atoms with van der Waals surface area (Å²) in [5.41, 5.74) is 9.21. The van der Waals surface area contributed by atoms with Crippen molar-refractivity contribution >= 4 is 5.97 Å². The third-order valence-electron chi connectivity index (χ3n) is 12.4. The van der Waals surface area contributed by atoms with E-state index in [0.717, 1.165) is 33.4 Å². The summed E-state index contributed by atoms with van der Waals surface area (Å²) >= 11 is 0. The second-order valence-corrected chi connectivity index (χ2v) is 17.7. The highest BCUT2D eigenvalue weighted by molar-refractivity contribution is 5.89. The maximum Gasteiger partial charge on any atom is 0.338 e. The molecule has 372 valence electrons. The minimum absolute atomic E-state index is 0.00117. The van der Waals surface area contributed by atoms with Crippen molar-refractivity contribution in [2.75, 3.05) is 13.2 Å². The van der Waals surface area contributed by atoms with E-state index < -0.39 is 61.2 Å². The average Bonchev–Trinajstić information content (AvgIpc) is 3.44. The summed E-state index contributed by atoms with van der Waals surface area (Å²) in [6.07, 6.45) is -8.44. The fraction of sp³-hybridized carbons (Fsp3) is 0.283. The van der Waals surface area contributed by atoms with Crippen LogP contribution in [-0.4, -0.2) is 74.4 Å². The van der Waals surface area contributed by atoms with Crippen molar-refractivity contribution in [3.8, 4) is 0 Å². The van der Waals surface area contributed by atoms with Gasteiger partial charge >= 0.3 is 5.97 Å². The van der Waals surface area contributed by atoms with E-state index in [0.29, 0.717) is 12.2 Å². The van der Waals surface area contributed by atoms with Gasteiger partial charge in [-0.25, -0.2) is 4.79 Å². The summed E-state index contributed by atoms with van der Waals surface area (Å²) in [5, 5.41) is 0. The Morgan fingerprint density at radius 3 is 1.22 bits per heavy atom. The van der Waals surface area contributed by atoms with Crippen molar-refractivity contribution in [2.45, 2.75) is 94.9 Å². The highest BCUT2D eigenvalue weighted by Crippen LogP contribution is 2.35. The van der Waals surface area contributed by atoms with Gasteiger partial charge in [-0.3, -0.25) is 4.84 Å². The highest BCUT2D eigenvalue weighted by atomic mass is 16.8. The number of carbonyl (C=O) groups is 1. The van der Waals surface area contributed by atoms with E-state index in [1.165, 1.54) is 0 Å². The molecule has 2 heterocycles. The highest BCUT2D eigenvalue weighted by Gasteiger charge is 2.54. The molecule has 0 aliphatic carbocycles. The standard InChI is InChI=1S/C60H61NO11/c62-59(50-34-20-7-21-35-50)70-53-51(42-63-36-44-22-8-1-9-23-44)69-60(57(67-40-48-30-16-5-17-31-48)55(53)65-38-46-26-12-3-13-27-46)71-54-52(43-64-37-45-24-10-2-11-25-45)72-61-58(68-41-49-32-18-6-19-33-49)56(54)66-39-47-28-14-4-15-29-47/h1-35,51-58,60-61H,36-43H2/t51?,52?,53-,54+,55?,56?,57?,58?,60-/m1/s1. The second kappa shape index (κ2) is 26.9. The van der Waals surface area contributed by atoms with E-state index in [2.05, 4.69) is 5.48 Å². The molecule has 2 saturated heterocycles. The van der Waals surface area contributed by atoms with Crippen molar-refractivity contribution < 1.29 is 52.3 Å². The summed E-state index contributed by atoms with van der Waals surface area (Å²) in [6.45, 7) is 1.48. The molecule has 0 amide bonds. The molecular formula is C60H61NO11. The van der Waals surface area contributed by atoms with Gasteiger partial charge in [-0.1, -0.05) is 200 Å². The molecule has 9 atom stereocenters. The van der Waals surface area contributed by atoms with Crippen LogP contribution in [0.4, 0.5) is 0 Å². The smallest absolute Gasteiger partial charge is 0.338 e. The van der Waals surface area contributed by atoms with Gasteiger partial charge in [-0.15, -0.1) is 0 Å². The molecule has 2 aliphatic heterocycles. The Labute approximate surface area is 421 Å². The van der Waals surface area contributed by atoms with Gasteiger partial charge in [-0.05, 0) is 45.5 Å². The molecule has 0 spiro atoms. The van der Waals surface area contributed by atoms with Gasteiger partial charge < -0.3 is 42.6 Å². The summed E-state index contributed by atoms with van der Waals surface area (Å²) in [7, 11) is 0. The van der Waals surface area contributed by atoms with E-state index in [4.69, 9.17) is 47.5 Å². The lowest BCUT2D eigenvalue weighted by Gasteiger charge is -2.48.